The molecule has 1 N–H and O–H groups in total. The van der Waals surface area contributed by atoms with Crippen LogP contribution in [0.15, 0.2) is 46.9 Å². The second-order valence-corrected chi connectivity index (χ2v) is 8.92. The molecule has 0 saturated carbocycles. The van der Waals surface area contributed by atoms with Crippen molar-refractivity contribution in [3.05, 3.63) is 58.1 Å². The molecule has 1 fully saturated rings. The fourth-order valence-corrected chi connectivity index (χ4v) is 3.87. The first kappa shape index (κ1) is 22.3. The van der Waals surface area contributed by atoms with Crippen LogP contribution >= 0.6 is 15.9 Å². The quantitative estimate of drug-likeness (QED) is 0.557. The molecule has 6 heteroatoms. The largest absolute Gasteiger partial charge is 0.492 e. The molecule has 0 bridgehead atoms. The van der Waals surface area contributed by atoms with Gasteiger partial charge in [-0.3, -0.25) is 9.59 Å². The molecule has 3 rings (SSSR count). The van der Waals surface area contributed by atoms with Gasteiger partial charge in [0, 0.05) is 29.9 Å². The molecular formula is C24H29BrN2O3. The topological polar surface area (TPSA) is 58.6 Å². The highest BCUT2D eigenvalue weighted by Crippen LogP contribution is 2.27. The molecule has 1 aliphatic rings. The Morgan fingerprint density at radius 3 is 2.53 bits per heavy atom. The summed E-state index contributed by atoms with van der Waals surface area (Å²) in [6.07, 6.45) is 4.25. The molecule has 0 radical (unpaired) electrons. The third-order valence-corrected chi connectivity index (χ3v) is 5.78. The summed E-state index contributed by atoms with van der Waals surface area (Å²) in [5, 5.41) is 2.89. The Kier molecular flexibility index (Phi) is 7.91. The van der Waals surface area contributed by atoms with Crippen LogP contribution in [0.3, 0.4) is 0 Å². The Balaban J connectivity index is 1.64. The first-order chi connectivity index (χ1) is 14.4. The van der Waals surface area contributed by atoms with E-state index in [0.717, 1.165) is 42.6 Å². The van der Waals surface area contributed by atoms with Crippen LogP contribution in [-0.2, 0) is 0 Å². The minimum absolute atomic E-state index is 0.0245. The number of hydrogen-bond acceptors (Lipinski definition) is 3. The lowest BCUT2D eigenvalue weighted by molar-refractivity contribution is 0.0724. The highest BCUT2D eigenvalue weighted by molar-refractivity contribution is 9.10. The van der Waals surface area contributed by atoms with Gasteiger partial charge in [-0.2, -0.15) is 0 Å². The van der Waals surface area contributed by atoms with Gasteiger partial charge >= 0.3 is 0 Å². The van der Waals surface area contributed by atoms with Gasteiger partial charge in [0.1, 0.15) is 5.75 Å². The molecule has 1 saturated heterocycles. The van der Waals surface area contributed by atoms with Gasteiger partial charge in [-0.1, -0.05) is 19.9 Å². The average molecular weight is 473 g/mol. The molecule has 0 aromatic heterocycles. The Labute approximate surface area is 186 Å². The number of carbonyl (C=O) groups excluding carboxylic acids is 2. The number of halogens is 1. The fraction of sp³-hybridized carbons (Fsp3) is 0.417. The van der Waals surface area contributed by atoms with Gasteiger partial charge in [0.15, 0.2) is 0 Å². The second kappa shape index (κ2) is 10.6. The van der Waals surface area contributed by atoms with Gasteiger partial charge in [0.05, 0.1) is 11.1 Å². The summed E-state index contributed by atoms with van der Waals surface area (Å²) in [4.78, 5) is 27.3. The fourth-order valence-electron chi connectivity index (χ4n) is 3.38. The van der Waals surface area contributed by atoms with E-state index in [1.165, 1.54) is 6.42 Å². The molecule has 0 atom stereocenters. The number of ether oxygens (including phenoxy) is 1. The lowest BCUT2D eigenvalue weighted by Crippen LogP contribution is -2.35. The van der Waals surface area contributed by atoms with E-state index in [0.29, 0.717) is 29.3 Å². The molecular weight excluding hydrogens is 444 g/mol. The maximum atomic E-state index is 12.7. The Hall–Kier alpha value is -2.34. The summed E-state index contributed by atoms with van der Waals surface area (Å²) >= 11 is 3.49. The molecule has 1 heterocycles. The molecule has 0 aliphatic carbocycles. The van der Waals surface area contributed by atoms with Crippen LogP contribution in [-0.4, -0.2) is 36.4 Å². The molecule has 5 nitrogen and oxygen atoms in total. The number of nitrogens with zero attached hydrogens (tertiary/aromatic N) is 1. The van der Waals surface area contributed by atoms with Crippen molar-refractivity contribution in [2.45, 2.75) is 39.5 Å². The van der Waals surface area contributed by atoms with Gasteiger partial charge in [0.25, 0.3) is 11.8 Å². The van der Waals surface area contributed by atoms with Crippen LogP contribution in [0.25, 0.3) is 0 Å². The molecule has 160 valence electrons. The van der Waals surface area contributed by atoms with Crippen LogP contribution in [0.5, 0.6) is 5.75 Å². The predicted molar refractivity (Wildman–Crippen MR) is 123 cm³/mol. The van der Waals surface area contributed by atoms with E-state index in [1.54, 1.807) is 42.5 Å². The van der Waals surface area contributed by atoms with E-state index in [1.807, 2.05) is 4.90 Å². The van der Waals surface area contributed by atoms with Crippen molar-refractivity contribution in [2.75, 3.05) is 25.0 Å². The van der Waals surface area contributed by atoms with Crippen LogP contribution in [0, 0.1) is 5.92 Å². The summed E-state index contributed by atoms with van der Waals surface area (Å²) in [6.45, 7) is 6.55. The normalized spacial score (nSPS) is 13.9. The summed E-state index contributed by atoms with van der Waals surface area (Å²) < 4.78 is 6.52. The van der Waals surface area contributed by atoms with Crippen molar-refractivity contribution in [3.63, 3.8) is 0 Å². The second-order valence-electron chi connectivity index (χ2n) is 8.06. The minimum atomic E-state index is -0.230. The number of nitrogens with one attached hydrogen (secondary N) is 1. The van der Waals surface area contributed by atoms with E-state index in [4.69, 9.17) is 4.74 Å². The molecule has 0 unspecified atom stereocenters. The maximum Gasteiger partial charge on any atom is 0.255 e. The van der Waals surface area contributed by atoms with Crippen LogP contribution < -0.4 is 10.1 Å². The third-order valence-electron chi connectivity index (χ3n) is 5.16. The molecule has 0 spiro atoms. The smallest absolute Gasteiger partial charge is 0.255 e. The van der Waals surface area contributed by atoms with Crippen molar-refractivity contribution < 1.29 is 14.3 Å². The molecule has 1 aliphatic heterocycles. The Morgan fingerprint density at radius 2 is 1.83 bits per heavy atom. The van der Waals surface area contributed by atoms with Crippen LogP contribution in [0.2, 0.25) is 0 Å². The molecule has 2 aromatic rings. The van der Waals surface area contributed by atoms with Crippen LogP contribution in [0.1, 0.15) is 60.2 Å². The summed E-state index contributed by atoms with van der Waals surface area (Å²) in [5.41, 5.74) is 1.73. The number of carbonyl (C=O) groups is 2. The predicted octanol–water partition coefficient (Wildman–Crippen LogP) is 5.75. The van der Waals surface area contributed by atoms with Crippen LogP contribution in [0.4, 0.5) is 5.69 Å². The van der Waals surface area contributed by atoms with Crippen molar-refractivity contribution >= 4 is 33.4 Å². The number of piperidine rings is 1. The van der Waals surface area contributed by atoms with Gasteiger partial charge in [-0.15, -0.1) is 0 Å². The number of amides is 2. The molecule has 2 aromatic carbocycles. The van der Waals surface area contributed by atoms with E-state index in [9.17, 15) is 9.59 Å². The third kappa shape index (κ3) is 6.08. The molecule has 2 amide bonds. The summed E-state index contributed by atoms with van der Waals surface area (Å²) in [7, 11) is 0. The molecule has 30 heavy (non-hydrogen) atoms. The zero-order valence-corrected chi connectivity index (χ0v) is 19.2. The van der Waals surface area contributed by atoms with Gasteiger partial charge in [-0.05, 0) is 83.9 Å². The average Bonchev–Trinajstić information content (AvgIpc) is 2.75. The number of anilines is 1. The Bertz CT molecular complexity index is 892. The van der Waals surface area contributed by atoms with Crippen molar-refractivity contribution in [1.29, 1.82) is 0 Å². The SMILES string of the molecule is CC(C)CCOc1ccc(C(=O)Nc2cccc(C(=O)N3CCCCC3)c2)cc1Br. The van der Waals surface area contributed by atoms with Crippen molar-refractivity contribution in [1.82, 2.24) is 4.90 Å². The number of benzene rings is 2. The van der Waals surface area contributed by atoms with E-state index >= 15 is 0 Å². The Morgan fingerprint density at radius 1 is 1.07 bits per heavy atom. The summed E-state index contributed by atoms with van der Waals surface area (Å²) in [6, 6.07) is 12.4. The highest BCUT2D eigenvalue weighted by atomic mass is 79.9. The number of rotatable bonds is 7. The van der Waals surface area contributed by atoms with Gasteiger partial charge < -0.3 is 15.0 Å². The summed E-state index contributed by atoms with van der Waals surface area (Å²) in [5.74, 6) is 1.09. The lowest BCUT2D eigenvalue weighted by Gasteiger charge is -2.26. The standard InChI is InChI=1S/C24H29BrN2O3/c1-17(2)11-14-30-22-10-9-18(16-21(22)25)23(28)26-20-8-6-7-19(15-20)24(29)27-12-4-3-5-13-27/h6-10,15-17H,3-5,11-14H2,1-2H3,(H,26,28). The van der Waals surface area contributed by atoms with E-state index < -0.39 is 0 Å². The minimum Gasteiger partial charge on any atom is -0.492 e. The lowest BCUT2D eigenvalue weighted by atomic mass is 10.1. The van der Waals surface area contributed by atoms with Gasteiger partial charge in [-0.25, -0.2) is 0 Å². The maximum absolute atomic E-state index is 12.7. The number of likely N-dealkylation sites (tertiary alicyclic amines) is 1. The zero-order chi connectivity index (χ0) is 21.5. The number of hydrogen-bond donors (Lipinski definition) is 1. The van der Waals surface area contributed by atoms with Crippen molar-refractivity contribution in [3.8, 4) is 5.75 Å². The zero-order valence-electron chi connectivity index (χ0n) is 17.6. The first-order valence-electron chi connectivity index (χ1n) is 10.6. The highest BCUT2D eigenvalue weighted by Gasteiger charge is 2.18. The van der Waals surface area contributed by atoms with Gasteiger partial charge in [0.2, 0.25) is 0 Å². The van der Waals surface area contributed by atoms with E-state index in [2.05, 4.69) is 35.1 Å². The van der Waals surface area contributed by atoms with E-state index in [-0.39, 0.29) is 11.8 Å². The first-order valence-corrected chi connectivity index (χ1v) is 11.4. The van der Waals surface area contributed by atoms with Crippen molar-refractivity contribution in [2.24, 2.45) is 5.92 Å². The monoisotopic (exact) mass is 472 g/mol.